The zero-order chi connectivity index (χ0) is 15.6. The first-order valence-electron chi connectivity index (χ1n) is 7.08. The molecule has 0 aromatic carbocycles. The monoisotopic (exact) mass is 296 g/mol. The molecule has 116 valence electrons. The minimum absolute atomic E-state index is 0.141. The maximum atomic E-state index is 12.3. The molecule has 0 aromatic heterocycles. The molecule has 0 saturated heterocycles. The minimum atomic E-state index is -1.11. The number of aliphatic hydroxyl groups is 1. The van der Waals surface area contributed by atoms with Gasteiger partial charge in [-0.2, -0.15) is 0 Å². The van der Waals surface area contributed by atoms with Crippen molar-refractivity contribution < 1.29 is 24.2 Å². The molecule has 21 heavy (non-hydrogen) atoms. The highest BCUT2D eigenvalue weighted by Gasteiger charge is 2.49. The van der Waals surface area contributed by atoms with Gasteiger partial charge in [0.1, 0.15) is 11.6 Å². The van der Waals surface area contributed by atoms with Gasteiger partial charge >= 0.3 is 5.97 Å². The fourth-order valence-corrected chi connectivity index (χ4v) is 3.07. The number of hydrogen-bond donors (Lipinski definition) is 2. The average molecular weight is 296 g/mol. The van der Waals surface area contributed by atoms with E-state index in [2.05, 4.69) is 10.1 Å². The van der Waals surface area contributed by atoms with E-state index in [-0.39, 0.29) is 11.6 Å². The fourth-order valence-electron chi connectivity index (χ4n) is 3.07. The predicted octanol–water partition coefficient (Wildman–Crippen LogP) is 0.261. The lowest BCUT2D eigenvalue weighted by Crippen LogP contribution is -2.51. The summed E-state index contributed by atoms with van der Waals surface area (Å²) in [4.78, 5) is 37.6. The van der Waals surface area contributed by atoms with Gasteiger partial charge in [0.25, 0.3) is 5.91 Å². The molecule has 2 rings (SSSR count). The van der Waals surface area contributed by atoms with Crippen LogP contribution in [0.25, 0.3) is 0 Å². The lowest BCUT2D eigenvalue weighted by atomic mass is 9.93. The molecule has 2 aliphatic rings. The molecule has 1 heterocycles. The number of methoxy groups -OCH3 is 1. The Balaban J connectivity index is 2.39. The van der Waals surface area contributed by atoms with E-state index in [1.807, 2.05) is 0 Å². The summed E-state index contributed by atoms with van der Waals surface area (Å²) in [5.74, 6) is -2.71. The van der Waals surface area contributed by atoms with E-state index in [1.165, 1.54) is 11.9 Å². The van der Waals surface area contributed by atoms with Gasteiger partial charge in [-0.15, -0.1) is 0 Å². The first-order valence-corrected chi connectivity index (χ1v) is 7.08. The molecule has 0 aromatic rings. The molecule has 0 bridgehead atoms. The van der Waals surface area contributed by atoms with Gasteiger partial charge in [-0.3, -0.25) is 9.59 Å². The van der Waals surface area contributed by atoms with Crippen LogP contribution >= 0.6 is 0 Å². The van der Waals surface area contributed by atoms with Crippen molar-refractivity contribution in [3.8, 4) is 0 Å². The molecule has 1 aliphatic carbocycles. The molecule has 2 amide bonds. The number of rotatable bonds is 3. The molecule has 7 nitrogen and oxygen atoms in total. The van der Waals surface area contributed by atoms with Crippen LogP contribution < -0.4 is 5.32 Å². The van der Waals surface area contributed by atoms with Gasteiger partial charge in [-0.1, -0.05) is 19.3 Å². The molecule has 1 atom stereocenters. The Labute approximate surface area is 122 Å². The highest BCUT2D eigenvalue weighted by Crippen LogP contribution is 2.33. The van der Waals surface area contributed by atoms with E-state index in [4.69, 9.17) is 0 Å². The molecule has 1 unspecified atom stereocenters. The number of hydrogen-bond acceptors (Lipinski definition) is 5. The van der Waals surface area contributed by atoms with E-state index in [1.54, 1.807) is 0 Å². The van der Waals surface area contributed by atoms with E-state index in [0.29, 0.717) is 0 Å². The number of likely N-dealkylation sites (N-methyl/N-ethyl adjacent to an activating group) is 1. The summed E-state index contributed by atoms with van der Waals surface area (Å²) in [6, 6.07) is -1.25. The van der Waals surface area contributed by atoms with Crippen molar-refractivity contribution in [2.24, 2.45) is 0 Å². The Morgan fingerprint density at radius 2 is 1.90 bits per heavy atom. The van der Waals surface area contributed by atoms with E-state index in [0.717, 1.165) is 39.2 Å². The quantitative estimate of drug-likeness (QED) is 0.728. The molecule has 2 N–H and O–H groups in total. The van der Waals surface area contributed by atoms with Crippen LogP contribution in [0, 0.1) is 0 Å². The lowest BCUT2D eigenvalue weighted by Gasteiger charge is -2.35. The van der Waals surface area contributed by atoms with Crippen molar-refractivity contribution in [1.82, 2.24) is 10.2 Å². The second-order valence-corrected chi connectivity index (χ2v) is 5.27. The van der Waals surface area contributed by atoms with Crippen LogP contribution in [0.4, 0.5) is 0 Å². The largest absolute Gasteiger partial charge is 0.503 e. The van der Waals surface area contributed by atoms with E-state index in [9.17, 15) is 19.5 Å². The average Bonchev–Trinajstić information content (AvgIpc) is 2.78. The number of aliphatic hydroxyl groups excluding tert-OH is 1. The maximum absolute atomic E-state index is 12.3. The molecule has 1 aliphatic heterocycles. The van der Waals surface area contributed by atoms with Crippen molar-refractivity contribution >= 4 is 17.8 Å². The maximum Gasteiger partial charge on any atom is 0.340 e. The number of esters is 1. The Morgan fingerprint density at radius 1 is 1.29 bits per heavy atom. The number of amides is 2. The third kappa shape index (κ3) is 2.59. The van der Waals surface area contributed by atoms with Crippen LogP contribution in [0.5, 0.6) is 0 Å². The summed E-state index contributed by atoms with van der Waals surface area (Å²) in [5, 5.41) is 12.4. The number of nitrogens with one attached hydrogen (secondary N) is 1. The number of nitrogens with zero attached hydrogens (tertiary/aromatic N) is 1. The standard InChI is InChI=1S/C14H20N2O5/c1-15-12(18)10-9(14(20)21-2)11(17)13(19)16(10)8-6-4-3-5-7-8/h8,10,17H,3-7H2,1-2H3,(H,15,18). The van der Waals surface area contributed by atoms with Gasteiger partial charge in [0.15, 0.2) is 5.76 Å². The third-order valence-corrected chi connectivity index (χ3v) is 4.11. The van der Waals surface area contributed by atoms with Crippen molar-refractivity contribution in [2.45, 2.75) is 44.2 Å². The normalized spacial score (nSPS) is 23.4. The molecule has 0 radical (unpaired) electrons. The molecular formula is C14H20N2O5. The van der Waals surface area contributed by atoms with Crippen LogP contribution in [0.1, 0.15) is 32.1 Å². The summed E-state index contributed by atoms with van der Waals surface area (Å²) in [6.07, 6.45) is 4.54. The summed E-state index contributed by atoms with van der Waals surface area (Å²) in [6.45, 7) is 0. The van der Waals surface area contributed by atoms with Gasteiger partial charge in [0.2, 0.25) is 5.91 Å². The molecule has 0 spiro atoms. The number of ether oxygens (including phenoxy) is 1. The second kappa shape index (κ2) is 6.15. The van der Waals surface area contributed by atoms with Crippen LogP contribution in [0.3, 0.4) is 0 Å². The fraction of sp³-hybridized carbons (Fsp3) is 0.643. The van der Waals surface area contributed by atoms with Crippen LogP contribution in [-0.4, -0.2) is 54.0 Å². The molecule has 1 saturated carbocycles. The zero-order valence-electron chi connectivity index (χ0n) is 12.2. The smallest absolute Gasteiger partial charge is 0.340 e. The van der Waals surface area contributed by atoms with Crippen molar-refractivity contribution in [3.63, 3.8) is 0 Å². The highest BCUT2D eigenvalue weighted by molar-refractivity contribution is 6.12. The van der Waals surface area contributed by atoms with E-state index < -0.39 is 29.6 Å². The topological polar surface area (TPSA) is 95.9 Å². The number of carbonyl (C=O) groups excluding carboxylic acids is 3. The number of carbonyl (C=O) groups is 3. The van der Waals surface area contributed by atoms with Crippen LogP contribution in [-0.2, 0) is 19.1 Å². The highest BCUT2D eigenvalue weighted by atomic mass is 16.5. The minimum Gasteiger partial charge on any atom is -0.503 e. The molecule has 1 fully saturated rings. The predicted molar refractivity (Wildman–Crippen MR) is 73.2 cm³/mol. The van der Waals surface area contributed by atoms with Gasteiger partial charge < -0.3 is 20.1 Å². The van der Waals surface area contributed by atoms with Crippen molar-refractivity contribution in [2.75, 3.05) is 14.2 Å². The molecule has 7 heteroatoms. The Morgan fingerprint density at radius 3 is 2.43 bits per heavy atom. The summed E-state index contributed by atoms with van der Waals surface area (Å²) in [7, 11) is 2.58. The van der Waals surface area contributed by atoms with Gasteiger partial charge in [-0.25, -0.2) is 4.79 Å². The van der Waals surface area contributed by atoms with Crippen LogP contribution in [0.15, 0.2) is 11.3 Å². The molecular weight excluding hydrogens is 276 g/mol. The van der Waals surface area contributed by atoms with Gasteiger partial charge in [-0.05, 0) is 12.8 Å². The van der Waals surface area contributed by atoms with E-state index >= 15 is 0 Å². The van der Waals surface area contributed by atoms with Crippen molar-refractivity contribution in [1.29, 1.82) is 0 Å². The summed E-state index contributed by atoms with van der Waals surface area (Å²) >= 11 is 0. The zero-order valence-corrected chi connectivity index (χ0v) is 12.2. The first kappa shape index (κ1) is 15.3. The lowest BCUT2D eigenvalue weighted by molar-refractivity contribution is -0.141. The second-order valence-electron chi connectivity index (χ2n) is 5.27. The SMILES string of the molecule is CNC(=O)C1C(C(=O)OC)=C(O)C(=O)N1C1CCCCC1. The van der Waals surface area contributed by atoms with Gasteiger partial charge in [0, 0.05) is 13.1 Å². The summed E-state index contributed by atoms with van der Waals surface area (Å²) in [5.41, 5.74) is -0.271. The van der Waals surface area contributed by atoms with Gasteiger partial charge in [0.05, 0.1) is 7.11 Å². The van der Waals surface area contributed by atoms with Crippen LogP contribution in [0.2, 0.25) is 0 Å². The van der Waals surface area contributed by atoms with Crippen molar-refractivity contribution in [3.05, 3.63) is 11.3 Å². The Hall–Kier alpha value is -2.05. The first-order chi connectivity index (χ1) is 10.0. The Bertz CT molecular complexity index is 494. The Kier molecular flexibility index (Phi) is 4.50. The third-order valence-electron chi connectivity index (χ3n) is 4.11. The summed E-state index contributed by atoms with van der Waals surface area (Å²) < 4.78 is 4.60.